The Labute approximate surface area is 237 Å². The molecule has 0 aliphatic carbocycles. The van der Waals surface area contributed by atoms with Gasteiger partial charge in [0.15, 0.2) is 0 Å². The van der Waals surface area contributed by atoms with Gasteiger partial charge < -0.3 is 28.9 Å². The van der Waals surface area contributed by atoms with Gasteiger partial charge in [-0.15, -0.1) is 0 Å². The number of hydrogen-bond acceptors (Lipinski definition) is 12. The lowest BCUT2D eigenvalue weighted by Gasteiger charge is -2.40. The summed E-state index contributed by atoms with van der Waals surface area (Å²) in [6.07, 6.45) is 1.29. The summed E-state index contributed by atoms with van der Waals surface area (Å²) < 4.78 is 16.4. The van der Waals surface area contributed by atoms with Gasteiger partial charge in [0, 0.05) is 25.7 Å². The highest BCUT2D eigenvalue weighted by Gasteiger charge is 2.38. The molecular weight excluding hydrogens is 534 g/mol. The zero-order valence-corrected chi connectivity index (χ0v) is 23.1. The van der Waals surface area contributed by atoms with Crippen molar-refractivity contribution in [2.45, 2.75) is 44.9 Å². The molecule has 218 valence electrons. The number of nitrogens with zero attached hydrogens (tertiary/aromatic N) is 7. The third kappa shape index (κ3) is 7.17. The first-order valence-electron chi connectivity index (χ1n) is 13.5. The van der Waals surface area contributed by atoms with Crippen LogP contribution in [0.15, 0.2) is 30.3 Å². The zero-order valence-electron chi connectivity index (χ0n) is 23.1. The lowest BCUT2D eigenvalue weighted by atomic mass is 10.1. The number of benzene rings is 1. The molecule has 2 aliphatic rings. The number of carbonyl (C=O) groups excluding carboxylic acids is 2. The van der Waals surface area contributed by atoms with Crippen LogP contribution in [0.2, 0.25) is 0 Å². The minimum absolute atomic E-state index is 0.00755. The van der Waals surface area contributed by atoms with Gasteiger partial charge in [-0.3, -0.25) is 10.1 Å². The van der Waals surface area contributed by atoms with Crippen LogP contribution in [0, 0.1) is 21.4 Å². The zero-order chi connectivity index (χ0) is 29.4. The molecule has 0 radical (unpaired) electrons. The molecule has 41 heavy (non-hydrogen) atoms. The minimum Gasteiger partial charge on any atom is -0.462 e. The van der Waals surface area contributed by atoms with Crippen molar-refractivity contribution in [3.05, 3.63) is 51.7 Å². The Hall–Kier alpha value is -4.51. The molecule has 2 atom stereocenters. The standard InChI is InChI=1S/C27H33N7O7/c1-3-39-25(35)22-23(34(37)38)24(30-26(29-22)40-18-21-10-7-13-31(21)2)32-14-15-33(20(16-32)11-12-28)27(36)41-17-19-8-5-4-6-9-19/h4-6,8-9,20-21H,3,7,10-11,13-18H2,1-2H3. The molecule has 4 rings (SSSR count). The van der Waals surface area contributed by atoms with Crippen LogP contribution in [0.1, 0.15) is 42.2 Å². The van der Waals surface area contributed by atoms with Crippen LogP contribution in [0.4, 0.5) is 16.3 Å². The molecule has 0 saturated carbocycles. The molecule has 0 N–H and O–H groups in total. The number of amides is 1. The van der Waals surface area contributed by atoms with Crippen molar-refractivity contribution in [3.63, 3.8) is 0 Å². The van der Waals surface area contributed by atoms with Gasteiger partial charge in [0.25, 0.3) is 0 Å². The van der Waals surface area contributed by atoms with Crippen molar-refractivity contribution < 1.29 is 28.7 Å². The molecule has 2 aliphatic heterocycles. The second-order valence-corrected chi connectivity index (χ2v) is 9.79. The summed E-state index contributed by atoms with van der Waals surface area (Å²) in [5.74, 6) is -1.11. The van der Waals surface area contributed by atoms with Gasteiger partial charge >= 0.3 is 23.8 Å². The predicted octanol–water partition coefficient (Wildman–Crippen LogP) is 2.78. The van der Waals surface area contributed by atoms with Crippen LogP contribution < -0.4 is 9.64 Å². The fourth-order valence-electron chi connectivity index (χ4n) is 4.95. The third-order valence-electron chi connectivity index (χ3n) is 7.12. The Kier molecular flexibility index (Phi) is 9.86. The number of piperazine rings is 1. The minimum atomic E-state index is -0.970. The van der Waals surface area contributed by atoms with E-state index in [0.29, 0.717) is 0 Å². The van der Waals surface area contributed by atoms with Crippen molar-refractivity contribution >= 4 is 23.6 Å². The topological polar surface area (TPSA) is 164 Å². The predicted molar refractivity (Wildman–Crippen MR) is 145 cm³/mol. The van der Waals surface area contributed by atoms with Gasteiger partial charge in [-0.1, -0.05) is 30.3 Å². The average molecular weight is 568 g/mol. The first kappa shape index (κ1) is 29.5. The van der Waals surface area contributed by atoms with Crippen LogP contribution in [0.3, 0.4) is 0 Å². The monoisotopic (exact) mass is 567 g/mol. The molecule has 14 heteroatoms. The van der Waals surface area contributed by atoms with Crippen LogP contribution in [-0.4, -0.2) is 95.3 Å². The fourth-order valence-corrected chi connectivity index (χ4v) is 4.95. The Morgan fingerprint density at radius 1 is 1.15 bits per heavy atom. The van der Waals surface area contributed by atoms with Crippen LogP contribution in [-0.2, 0) is 16.1 Å². The van der Waals surface area contributed by atoms with E-state index in [4.69, 9.17) is 14.2 Å². The number of carbonyl (C=O) groups is 2. The number of likely N-dealkylation sites (tertiary alicyclic amines) is 1. The van der Waals surface area contributed by atoms with Crippen LogP contribution >= 0.6 is 0 Å². The van der Waals surface area contributed by atoms with Crippen molar-refractivity contribution in [1.82, 2.24) is 19.8 Å². The van der Waals surface area contributed by atoms with E-state index in [9.17, 15) is 25.0 Å². The number of nitro groups is 1. The van der Waals surface area contributed by atoms with Crippen molar-refractivity contribution in [2.24, 2.45) is 0 Å². The van der Waals surface area contributed by atoms with Crippen molar-refractivity contribution in [1.29, 1.82) is 5.26 Å². The van der Waals surface area contributed by atoms with Gasteiger partial charge in [0.1, 0.15) is 13.2 Å². The Morgan fingerprint density at radius 3 is 2.59 bits per heavy atom. The normalized spacial score (nSPS) is 19.0. The Bertz CT molecular complexity index is 1290. The largest absolute Gasteiger partial charge is 0.462 e. The molecule has 0 spiro atoms. The van der Waals surface area contributed by atoms with Gasteiger partial charge in [-0.25, -0.2) is 9.59 Å². The third-order valence-corrected chi connectivity index (χ3v) is 7.12. The second-order valence-electron chi connectivity index (χ2n) is 9.79. The summed E-state index contributed by atoms with van der Waals surface area (Å²) in [6.45, 7) is 3.09. The quantitative estimate of drug-likeness (QED) is 0.235. The molecule has 2 saturated heterocycles. The average Bonchev–Trinajstić information content (AvgIpc) is 3.39. The summed E-state index contributed by atoms with van der Waals surface area (Å²) in [4.78, 5) is 50.8. The number of aromatic nitrogens is 2. The van der Waals surface area contributed by atoms with Gasteiger partial charge in [-0.2, -0.15) is 15.2 Å². The summed E-state index contributed by atoms with van der Waals surface area (Å²) in [7, 11) is 1.98. The number of ether oxygens (including phenoxy) is 3. The number of rotatable bonds is 10. The number of likely N-dealkylation sites (N-methyl/N-ethyl adjacent to an activating group) is 1. The molecule has 2 fully saturated rings. The number of nitriles is 1. The summed E-state index contributed by atoms with van der Waals surface area (Å²) in [5, 5.41) is 21.7. The second kappa shape index (κ2) is 13.7. The lowest BCUT2D eigenvalue weighted by molar-refractivity contribution is -0.385. The van der Waals surface area contributed by atoms with Gasteiger partial charge in [-0.05, 0) is 38.9 Å². The maximum Gasteiger partial charge on any atom is 0.410 e. The molecular formula is C27H33N7O7. The van der Waals surface area contributed by atoms with Crippen molar-refractivity contribution in [3.8, 4) is 12.1 Å². The first-order valence-corrected chi connectivity index (χ1v) is 13.5. The van der Waals surface area contributed by atoms with E-state index in [2.05, 4.69) is 20.9 Å². The summed E-state index contributed by atoms with van der Waals surface area (Å²) in [5.41, 5.74) is -0.321. The Balaban J connectivity index is 1.59. The van der Waals surface area contributed by atoms with Crippen LogP contribution in [0.5, 0.6) is 6.01 Å². The van der Waals surface area contributed by atoms with Crippen molar-refractivity contribution in [2.75, 3.05) is 51.3 Å². The highest BCUT2D eigenvalue weighted by Crippen LogP contribution is 2.33. The molecule has 1 aromatic carbocycles. The van der Waals surface area contributed by atoms with E-state index in [1.54, 1.807) is 11.8 Å². The SMILES string of the molecule is CCOC(=O)c1nc(OCC2CCCN2C)nc(N2CCN(C(=O)OCc3ccccc3)C(CC#N)C2)c1[N+](=O)[O-]. The molecule has 1 aromatic heterocycles. The van der Waals surface area contributed by atoms with E-state index in [-0.39, 0.29) is 63.7 Å². The maximum absolute atomic E-state index is 12.9. The molecule has 2 unspecified atom stereocenters. The van der Waals surface area contributed by atoms with E-state index in [1.165, 1.54) is 4.90 Å². The first-order chi connectivity index (χ1) is 19.8. The number of hydrogen-bond donors (Lipinski definition) is 0. The molecule has 3 heterocycles. The summed E-state index contributed by atoms with van der Waals surface area (Å²) in [6, 6.07) is 10.6. The molecule has 2 aromatic rings. The lowest BCUT2D eigenvalue weighted by Crippen LogP contribution is -2.55. The van der Waals surface area contributed by atoms with E-state index < -0.39 is 34.4 Å². The van der Waals surface area contributed by atoms with Crippen LogP contribution in [0.25, 0.3) is 0 Å². The molecule has 1 amide bonds. The maximum atomic E-state index is 12.9. The van der Waals surface area contributed by atoms with Gasteiger partial charge in [0.2, 0.25) is 11.5 Å². The van der Waals surface area contributed by atoms with E-state index in [1.807, 2.05) is 37.4 Å². The number of anilines is 1. The number of esters is 1. The Morgan fingerprint density at radius 2 is 1.93 bits per heavy atom. The highest BCUT2D eigenvalue weighted by atomic mass is 16.6. The summed E-state index contributed by atoms with van der Waals surface area (Å²) >= 11 is 0. The highest BCUT2D eigenvalue weighted by molar-refractivity contribution is 5.94. The van der Waals surface area contributed by atoms with E-state index >= 15 is 0 Å². The van der Waals surface area contributed by atoms with Gasteiger partial charge in [0.05, 0.1) is 30.1 Å². The fraction of sp³-hybridized carbons (Fsp3) is 0.519. The van der Waals surface area contributed by atoms with E-state index in [0.717, 1.165) is 24.9 Å². The smallest absolute Gasteiger partial charge is 0.410 e. The molecule has 0 bridgehead atoms. The molecule has 14 nitrogen and oxygen atoms in total.